The van der Waals surface area contributed by atoms with Gasteiger partial charge in [0.15, 0.2) is 0 Å². The van der Waals surface area contributed by atoms with Gasteiger partial charge in [0.25, 0.3) is 0 Å². The number of carbonyl (C=O) groups excluding carboxylic acids is 1. The van der Waals surface area contributed by atoms with Crippen LogP contribution in [0, 0.1) is 17.9 Å². The summed E-state index contributed by atoms with van der Waals surface area (Å²) in [6.45, 7) is 9.31. The smallest absolute Gasteiger partial charge is 0.220 e. The maximum atomic E-state index is 11.5. The van der Waals surface area contributed by atoms with Crippen LogP contribution in [0.15, 0.2) is 18.2 Å². The summed E-state index contributed by atoms with van der Waals surface area (Å²) in [4.78, 5) is 13.3. The fraction of sp³-hybridized carbons (Fsp3) is 0.500. The predicted octanol–water partition coefficient (Wildman–Crippen LogP) is 3.61. The Morgan fingerprint density at radius 3 is 2.57 bits per heavy atom. The van der Waals surface area contributed by atoms with Crippen molar-refractivity contribution in [2.24, 2.45) is 0 Å². The zero-order valence-corrected chi connectivity index (χ0v) is 16.4. The van der Waals surface area contributed by atoms with Gasteiger partial charge in [-0.2, -0.15) is 29.8 Å². The van der Waals surface area contributed by atoms with Crippen molar-refractivity contribution in [1.82, 2.24) is 4.90 Å². The largest absolute Gasteiger partial charge is 0.332 e. The van der Waals surface area contributed by atoms with Gasteiger partial charge in [-0.05, 0) is 12.3 Å². The van der Waals surface area contributed by atoms with Crippen LogP contribution >= 0.6 is 0 Å². The monoisotopic (exact) mass is 359 g/mol. The summed E-state index contributed by atoms with van der Waals surface area (Å²) in [5.74, 6) is 6.75. The number of benzene rings is 1. The minimum Gasteiger partial charge on any atom is -0.332 e. The number of rotatable bonds is 5. The second kappa shape index (κ2) is 11.0. The van der Waals surface area contributed by atoms with Gasteiger partial charge in [-0.1, -0.05) is 38.7 Å². The van der Waals surface area contributed by atoms with E-state index in [4.69, 9.17) is 0 Å². The van der Waals surface area contributed by atoms with Crippen LogP contribution in [-0.2, 0) is 37.5 Å². The topological polar surface area (TPSA) is 20.3 Å². The van der Waals surface area contributed by atoms with Crippen molar-refractivity contribution in [1.29, 1.82) is 0 Å². The minimum absolute atomic E-state index is 0. The Morgan fingerprint density at radius 1 is 1.38 bits per heavy atom. The van der Waals surface area contributed by atoms with Gasteiger partial charge < -0.3 is 4.90 Å². The number of hydrogen-bond acceptors (Lipinski definition) is 1. The maximum absolute atomic E-state index is 11.5. The quantitative estimate of drug-likeness (QED) is 0.581. The first-order valence-corrected chi connectivity index (χ1v) is 7.30. The Labute approximate surface area is 154 Å². The van der Waals surface area contributed by atoms with Crippen LogP contribution in [0.5, 0.6) is 0 Å². The van der Waals surface area contributed by atoms with E-state index >= 15 is 0 Å². The van der Waals surface area contributed by atoms with Crippen LogP contribution in [0.2, 0.25) is 0 Å². The summed E-state index contributed by atoms with van der Waals surface area (Å²) in [6, 6.07) is 9.25. The number of amides is 1. The molecule has 0 bridgehead atoms. The number of hydrogen-bond donors (Lipinski definition) is 0. The molecule has 21 heavy (non-hydrogen) atoms. The zero-order valence-electron chi connectivity index (χ0n) is 13.6. The first kappa shape index (κ1) is 20.4. The van der Waals surface area contributed by atoms with Crippen molar-refractivity contribution >= 4 is 5.91 Å². The van der Waals surface area contributed by atoms with Crippen molar-refractivity contribution < 1.29 is 37.5 Å². The molecule has 0 atom stereocenters. The van der Waals surface area contributed by atoms with Crippen LogP contribution in [0.3, 0.4) is 0 Å². The molecule has 0 aliphatic carbocycles. The molecule has 1 rings (SSSR count). The molecule has 0 aliphatic heterocycles. The fourth-order valence-electron chi connectivity index (χ4n) is 1.81. The van der Waals surface area contributed by atoms with Gasteiger partial charge in [-0.3, -0.25) is 4.79 Å². The van der Waals surface area contributed by atoms with Gasteiger partial charge in [0.1, 0.15) is 0 Å². The van der Waals surface area contributed by atoms with Crippen LogP contribution in [0.25, 0.3) is 0 Å². The van der Waals surface area contributed by atoms with E-state index in [1.165, 1.54) is 5.56 Å². The van der Waals surface area contributed by atoms with Gasteiger partial charge in [-0.15, -0.1) is 5.92 Å². The summed E-state index contributed by atoms with van der Waals surface area (Å²) in [5, 5.41) is 0. The minimum atomic E-state index is 0. The average Bonchev–Trinajstić information content (AvgIpc) is 2.42. The Kier molecular flexibility index (Phi) is 10.7. The summed E-state index contributed by atoms with van der Waals surface area (Å²) in [7, 11) is 0. The Bertz CT molecular complexity index is 482. The Hall–Kier alpha value is -0.646. The molecule has 0 aromatic heterocycles. The molecule has 0 spiro atoms. The Morgan fingerprint density at radius 2 is 2.10 bits per heavy atom. The van der Waals surface area contributed by atoms with Crippen molar-refractivity contribution in [2.45, 2.75) is 46.5 Å². The van der Waals surface area contributed by atoms with Gasteiger partial charge in [0, 0.05) is 46.2 Å². The van der Waals surface area contributed by atoms with Crippen LogP contribution < -0.4 is 0 Å². The maximum Gasteiger partial charge on any atom is 0.220 e. The predicted molar refractivity (Wildman–Crippen MR) is 83.4 cm³/mol. The molecule has 0 N–H and O–H groups in total. The first-order chi connectivity index (χ1) is 9.54. The molecular weight excluding hydrogens is 335 g/mol. The molecule has 0 heterocycles. The van der Waals surface area contributed by atoms with Crippen molar-refractivity contribution in [3.05, 3.63) is 35.4 Å². The summed E-state index contributed by atoms with van der Waals surface area (Å²) < 4.78 is 0. The van der Waals surface area contributed by atoms with E-state index in [2.05, 4.69) is 44.7 Å². The molecular formula is C18H24NOY-. The molecule has 2 nitrogen and oxygen atoms in total. The molecule has 0 fully saturated rings. The third kappa shape index (κ3) is 7.79. The van der Waals surface area contributed by atoms with E-state index in [1.54, 1.807) is 11.8 Å². The average molecular weight is 359 g/mol. The molecule has 111 valence electrons. The van der Waals surface area contributed by atoms with Gasteiger partial charge in [0.05, 0.1) is 6.54 Å². The summed E-state index contributed by atoms with van der Waals surface area (Å²) >= 11 is 0. The number of nitrogens with zero attached hydrogens (tertiary/aromatic N) is 1. The van der Waals surface area contributed by atoms with Crippen molar-refractivity contribution in [2.75, 3.05) is 13.1 Å². The van der Waals surface area contributed by atoms with Gasteiger partial charge in [-0.25, -0.2) is 0 Å². The van der Waals surface area contributed by atoms with Crippen LogP contribution in [-0.4, -0.2) is 23.9 Å². The third-order valence-electron chi connectivity index (χ3n) is 3.19. The molecule has 3 heteroatoms. The van der Waals surface area contributed by atoms with Crippen molar-refractivity contribution in [3.8, 4) is 11.8 Å². The molecule has 0 saturated heterocycles. The molecule has 1 aromatic rings. The molecule has 0 saturated carbocycles. The summed E-state index contributed by atoms with van der Waals surface area (Å²) in [6.07, 6.45) is 2.11. The molecule has 1 amide bonds. The number of unbranched alkanes of at least 4 members (excludes halogenated alkanes) is 1. The van der Waals surface area contributed by atoms with E-state index in [1.807, 2.05) is 12.1 Å². The molecule has 1 radical (unpaired) electrons. The molecule has 1 aromatic carbocycles. The number of carbonyl (C=O) groups is 1. The second-order valence-corrected chi connectivity index (χ2v) is 5.28. The van der Waals surface area contributed by atoms with Crippen molar-refractivity contribution in [3.63, 3.8) is 0 Å². The van der Waals surface area contributed by atoms with Gasteiger partial charge >= 0.3 is 0 Å². The van der Waals surface area contributed by atoms with E-state index in [9.17, 15) is 4.79 Å². The Balaban J connectivity index is 0.00000400. The van der Waals surface area contributed by atoms with E-state index in [-0.39, 0.29) is 38.6 Å². The van der Waals surface area contributed by atoms with Gasteiger partial charge in [0.2, 0.25) is 5.91 Å². The third-order valence-corrected chi connectivity index (χ3v) is 3.19. The fourth-order valence-corrected chi connectivity index (χ4v) is 1.81. The first-order valence-electron chi connectivity index (χ1n) is 7.30. The second-order valence-electron chi connectivity index (χ2n) is 5.28. The van der Waals surface area contributed by atoms with Crippen LogP contribution in [0.1, 0.15) is 57.6 Å². The zero-order chi connectivity index (χ0) is 15.0. The normalized spacial score (nSPS) is 9.57. The van der Waals surface area contributed by atoms with Crippen LogP contribution in [0.4, 0.5) is 0 Å². The molecule has 0 aliphatic rings. The standard InChI is InChI=1S/C18H24NO.Y/c1-5-6-13-19(16(4)20)14-7-8-17-9-11-18(12-10-17)15(2)3;/h9-11,15H,5-6,13-14H2,1-4H3;/q-1;. The summed E-state index contributed by atoms with van der Waals surface area (Å²) in [5.41, 5.74) is 2.15. The van der Waals surface area contributed by atoms with E-state index in [0.717, 1.165) is 24.9 Å². The molecule has 0 unspecified atom stereocenters. The van der Waals surface area contributed by atoms with E-state index in [0.29, 0.717) is 12.5 Å². The SMILES string of the molecule is CCCCN(CC#Cc1c[c-]c(C(C)C)cc1)C(C)=O.[Y]. The van der Waals surface area contributed by atoms with E-state index < -0.39 is 0 Å².